The summed E-state index contributed by atoms with van der Waals surface area (Å²) in [6, 6.07) is 0. The maximum atomic E-state index is 3.47. The molecular formula is C24H72N4Si9. The van der Waals surface area contributed by atoms with Crippen molar-refractivity contribution in [1.29, 1.82) is 0 Å². The van der Waals surface area contributed by atoms with Gasteiger partial charge in [0, 0.05) is 0 Å². The molecule has 4 nitrogen and oxygen atoms in total. The highest BCUT2D eigenvalue weighted by molar-refractivity contribution is 7.21. The average Bonchev–Trinajstić information content (AvgIpc) is 2.30. The van der Waals surface area contributed by atoms with Crippen molar-refractivity contribution in [3.8, 4) is 0 Å². The Labute approximate surface area is 246 Å². The third-order valence-corrected chi connectivity index (χ3v) is 59.1. The molecule has 0 aromatic rings. The highest BCUT2D eigenvalue weighted by Gasteiger charge is 2.71. The maximum Gasteiger partial charge on any atom is 0.323 e. The van der Waals surface area contributed by atoms with Gasteiger partial charge in [-0.3, -0.25) is 0 Å². The van der Waals surface area contributed by atoms with Crippen LogP contribution >= 0.6 is 0 Å². The molecule has 0 aliphatic rings. The van der Waals surface area contributed by atoms with E-state index >= 15 is 0 Å². The summed E-state index contributed by atoms with van der Waals surface area (Å²) in [5.74, 6) is 0. The van der Waals surface area contributed by atoms with Crippen LogP contribution in [0, 0.1) is 0 Å². The van der Waals surface area contributed by atoms with Crippen LogP contribution in [0.15, 0.2) is 0 Å². The summed E-state index contributed by atoms with van der Waals surface area (Å²) in [6.07, 6.45) is 0. The Morgan fingerprint density at radius 1 is 0.189 bits per heavy atom. The lowest BCUT2D eigenvalue weighted by Gasteiger charge is -2.76. The van der Waals surface area contributed by atoms with Crippen molar-refractivity contribution in [2.75, 3.05) is 0 Å². The Bertz CT molecular complexity index is 576. The van der Waals surface area contributed by atoms with Crippen LogP contribution in [0.1, 0.15) is 0 Å². The molecule has 0 aliphatic carbocycles. The molecule has 37 heavy (non-hydrogen) atoms. The van der Waals surface area contributed by atoms with E-state index in [0.29, 0.717) is 0 Å². The van der Waals surface area contributed by atoms with E-state index in [2.05, 4.69) is 173 Å². The Hall–Kier alpha value is 1.79. The average molecular weight is 670 g/mol. The normalized spacial score (nSPS) is 16.5. The van der Waals surface area contributed by atoms with Crippen molar-refractivity contribution in [3.05, 3.63) is 0 Å². The lowest BCUT2D eigenvalue weighted by atomic mass is 11.8. The van der Waals surface area contributed by atoms with E-state index in [0.717, 1.165) is 0 Å². The van der Waals surface area contributed by atoms with Gasteiger partial charge in [0.25, 0.3) is 0 Å². The summed E-state index contributed by atoms with van der Waals surface area (Å²) in [7, 11) is -16.6. The Kier molecular flexibility index (Phi) is 11.7. The molecule has 0 N–H and O–H groups in total. The molecule has 0 radical (unpaired) electrons. The smallest absolute Gasteiger partial charge is 0.323 e. The van der Waals surface area contributed by atoms with E-state index in [1.54, 1.807) is 0 Å². The highest BCUT2D eigenvalue weighted by atomic mass is 28.6. The Morgan fingerprint density at radius 2 is 0.270 bits per heavy atom. The molecule has 0 rings (SSSR count). The fraction of sp³-hybridized carbons (Fsp3) is 1.00. The van der Waals surface area contributed by atoms with Crippen LogP contribution in [0.3, 0.4) is 0 Å². The second-order valence-electron chi connectivity index (χ2n) is 19.3. The molecule has 0 aromatic carbocycles. The van der Waals surface area contributed by atoms with Crippen LogP contribution in [0.5, 0.6) is 0 Å². The molecule has 13 heteroatoms. The molecule has 0 fully saturated rings. The van der Waals surface area contributed by atoms with E-state index in [9.17, 15) is 0 Å². The van der Waals surface area contributed by atoms with Crippen LogP contribution < -0.4 is 0 Å². The van der Waals surface area contributed by atoms with Crippen LogP contribution in [0.2, 0.25) is 157 Å². The van der Waals surface area contributed by atoms with Gasteiger partial charge < -0.3 is 15.6 Å². The first-order chi connectivity index (χ1) is 15.5. The predicted molar refractivity (Wildman–Crippen MR) is 200 cm³/mol. The maximum absolute atomic E-state index is 3.47. The number of hydrogen-bond acceptors (Lipinski definition) is 4. The van der Waals surface area contributed by atoms with Gasteiger partial charge in [0.1, 0.15) is 65.9 Å². The number of hydrogen-bond donors (Lipinski definition) is 0. The molecule has 0 atom stereocenters. The predicted octanol–water partition coefficient (Wildman–Crippen LogP) is 9.31. The number of rotatable bonds is 12. The van der Waals surface area contributed by atoms with Crippen molar-refractivity contribution in [1.82, 2.24) is 15.6 Å². The number of nitrogens with zero attached hydrogens (tertiary/aromatic N) is 4. The quantitative estimate of drug-likeness (QED) is 0.192. The van der Waals surface area contributed by atoms with Gasteiger partial charge in [0.2, 0.25) is 0 Å². The van der Waals surface area contributed by atoms with Crippen molar-refractivity contribution in [2.45, 2.75) is 157 Å². The largest absolute Gasteiger partial charge is 0.333 e. The zero-order chi connectivity index (χ0) is 30.8. The summed E-state index contributed by atoms with van der Waals surface area (Å²) >= 11 is 0. The summed E-state index contributed by atoms with van der Waals surface area (Å²) in [5, 5.41) is 0. The van der Waals surface area contributed by atoms with Crippen LogP contribution in [-0.4, -0.2) is 90.2 Å². The van der Waals surface area contributed by atoms with Gasteiger partial charge in [-0.2, -0.15) is 0 Å². The monoisotopic (exact) mass is 668 g/mol. The molecule has 0 spiro atoms. The second-order valence-corrected chi connectivity index (χ2v) is 66.0. The van der Waals surface area contributed by atoms with Gasteiger partial charge in [-0.05, 0) is 0 Å². The van der Waals surface area contributed by atoms with Crippen LogP contribution in [-0.2, 0) is 0 Å². The summed E-state index contributed by atoms with van der Waals surface area (Å²) in [5.41, 5.74) is 0. The molecule has 0 heterocycles. The minimum absolute atomic E-state index is 1.75. The van der Waals surface area contributed by atoms with E-state index in [1.165, 1.54) is 0 Å². The van der Waals surface area contributed by atoms with Gasteiger partial charge in [-0.25, -0.2) is 0 Å². The van der Waals surface area contributed by atoms with E-state index in [-0.39, 0.29) is 0 Å². The minimum Gasteiger partial charge on any atom is -0.333 e. The van der Waals surface area contributed by atoms with Crippen LogP contribution in [0.4, 0.5) is 0 Å². The molecule has 0 unspecified atom stereocenters. The zero-order valence-electron chi connectivity index (χ0n) is 30.3. The summed E-state index contributed by atoms with van der Waals surface area (Å²) < 4.78 is 13.9. The molecule has 0 aromatic heterocycles. The Balaban J connectivity index is 9.26. The molecule has 224 valence electrons. The van der Waals surface area contributed by atoms with E-state index in [4.69, 9.17) is 0 Å². The van der Waals surface area contributed by atoms with Crippen molar-refractivity contribution in [3.63, 3.8) is 0 Å². The van der Waals surface area contributed by atoms with Gasteiger partial charge in [-0.15, -0.1) is 0 Å². The second kappa shape index (κ2) is 11.1. The topological polar surface area (TPSA) is 13.0 Å². The fourth-order valence-corrected chi connectivity index (χ4v) is 84.8. The highest BCUT2D eigenvalue weighted by Crippen LogP contribution is 2.47. The Morgan fingerprint density at radius 3 is 0.324 bits per heavy atom. The molecule has 0 aliphatic heterocycles. The first kappa shape index (κ1) is 38.8. The molecule has 0 bridgehead atoms. The molecule has 0 saturated carbocycles. The van der Waals surface area contributed by atoms with Crippen LogP contribution in [0.25, 0.3) is 0 Å². The third kappa shape index (κ3) is 8.89. The minimum atomic E-state index is -2.57. The summed E-state index contributed by atoms with van der Waals surface area (Å²) in [6.45, 7) is 65.0. The van der Waals surface area contributed by atoms with Gasteiger partial charge >= 0.3 is 8.72 Å². The van der Waals surface area contributed by atoms with Crippen molar-refractivity contribution >= 4 is 74.6 Å². The van der Waals surface area contributed by atoms with Gasteiger partial charge in [-0.1, -0.05) is 157 Å². The molecular weight excluding hydrogens is 597 g/mol. The van der Waals surface area contributed by atoms with E-state index < -0.39 is 74.6 Å². The molecule has 0 saturated heterocycles. The first-order valence-electron chi connectivity index (χ1n) is 14.7. The fourth-order valence-electron chi connectivity index (χ4n) is 8.22. The zero-order valence-corrected chi connectivity index (χ0v) is 39.3. The lowest BCUT2D eigenvalue weighted by molar-refractivity contribution is 0.550. The summed E-state index contributed by atoms with van der Waals surface area (Å²) in [4.78, 5) is 0. The first-order valence-corrected chi connectivity index (χ1v) is 44.0. The van der Waals surface area contributed by atoms with Gasteiger partial charge in [0.05, 0.1) is 0 Å². The third-order valence-electron chi connectivity index (χ3n) is 6.57. The lowest BCUT2D eigenvalue weighted by Crippen LogP contribution is -3.01. The van der Waals surface area contributed by atoms with E-state index in [1.807, 2.05) is 0 Å². The van der Waals surface area contributed by atoms with Crippen molar-refractivity contribution < 1.29 is 0 Å². The van der Waals surface area contributed by atoms with Crippen molar-refractivity contribution in [2.24, 2.45) is 0 Å². The SMILES string of the molecule is C[Si](C)(C)N([Si](C)(C)C)[Si](N([Si](C)(C)C)[Si](C)(C)C)(N([Si](C)(C)C)[Si](C)(C)C)N([Si](C)(C)C)[Si](C)(C)C. The molecule has 0 amide bonds. The standard InChI is InChI=1S/C24H72N4Si9/c1-29(2,3)25(30(4,5)6)37(26(31(7,8)9)32(10,11)12,27(33(13,14)15)34(16,17)18)28(35(19,20)21)36(22,23)24/h1-24H3. The van der Waals surface area contributed by atoms with Gasteiger partial charge in [0.15, 0.2) is 0 Å².